The van der Waals surface area contributed by atoms with Gasteiger partial charge >= 0.3 is 0 Å². The number of imidazole rings is 2. The van der Waals surface area contributed by atoms with Gasteiger partial charge in [-0.1, -0.05) is 24.3 Å². The topological polar surface area (TPSA) is 17.6 Å². The molecule has 0 aliphatic rings. The van der Waals surface area contributed by atoms with E-state index in [1.807, 2.05) is 0 Å². The summed E-state index contributed by atoms with van der Waals surface area (Å²) in [6.45, 7) is 6.13. The molecule has 1 aromatic carbocycles. The van der Waals surface area contributed by atoms with Crippen LogP contribution in [0.5, 0.6) is 0 Å². The molecule has 0 saturated carbocycles. The van der Waals surface area contributed by atoms with Crippen molar-refractivity contribution < 1.29 is 33.9 Å². The van der Waals surface area contributed by atoms with Crippen molar-refractivity contribution in [2.75, 3.05) is 0 Å². The minimum atomic E-state index is 0. The molecule has 0 fully saturated rings. The summed E-state index contributed by atoms with van der Waals surface area (Å²) >= 11 is 0. The zero-order valence-electron chi connectivity index (χ0n) is 14.6. The lowest BCUT2D eigenvalue weighted by Crippen LogP contribution is -3.00. The number of hydrogen-bond acceptors (Lipinski definition) is 0. The molecule has 0 spiro atoms. The van der Waals surface area contributed by atoms with Crippen molar-refractivity contribution in [1.29, 1.82) is 0 Å². The molecule has 4 nitrogen and oxygen atoms in total. The quantitative estimate of drug-likeness (QED) is 0.415. The van der Waals surface area contributed by atoms with Gasteiger partial charge in [-0.05, 0) is 0 Å². The van der Waals surface area contributed by atoms with Crippen LogP contribution in [0.4, 0.5) is 0 Å². The van der Waals surface area contributed by atoms with E-state index in [0.717, 1.165) is 13.1 Å². The van der Waals surface area contributed by atoms with Crippen LogP contribution < -0.4 is 33.9 Å². The second-order valence-corrected chi connectivity index (χ2v) is 5.94. The Morgan fingerprint density at radius 3 is 1.42 bits per heavy atom. The third kappa shape index (κ3) is 4.00. The van der Waals surface area contributed by atoms with Crippen LogP contribution in [-0.2, 0) is 27.2 Å². The van der Waals surface area contributed by atoms with Gasteiger partial charge in [0.05, 0.1) is 14.1 Å². The lowest BCUT2D eigenvalue weighted by Gasteiger charge is -2.07. The van der Waals surface area contributed by atoms with Crippen molar-refractivity contribution in [3.8, 4) is 0 Å². The highest BCUT2D eigenvalue weighted by Crippen LogP contribution is 2.13. The van der Waals surface area contributed by atoms with E-state index in [9.17, 15) is 0 Å². The van der Waals surface area contributed by atoms with Gasteiger partial charge in [0.15, 0.2) is 0 Å². The van der Waals surface area contributed by atoms with E-state index >= 15 is 0 Å². The minimum absolute atomic E-state index is 0. The highest BCUT2D eigenvalue weighted by Gasteiger charge is 2.15. The Hall–Kier alpha value is -1.78. The number of hydrogen-bond donors (Lipinski definition) is 0. The summed E-state index contributed by atoms with van der Waals surface area (Å²) in [7, 11) is 4.17. The van der Waals surface area contributed by atoms with Gasteiger partial charge in [0.25, 0.3) is 11.6 Å². The molecule has 0 unspecified atom stereocenters. The first-order valence-corrected chi connectivity index (χ1v) is 7.66. The van der Waals surface area contributed by atoms with Crippen LogP contribution in [0.2, 0.25) is 0 Å². The van der Waals surface area contributed by atoms with E-state index in [1.165, 1.54) is 22.8 Å². The third-order valence-corrected chi connectivity index (χ3v) is 4.59. The monoisotopic (exact) mass is 366 g/mol. The van der Waals surface area contributed by atoms with E-state index in [1.54, 1.807) is 0 Å². The van der Waals surface area contributed by atoms with Crippen LogP contribution in [0.25, 0.3) is 0 Å². The summed E-state index contributed by atoms with van der Waals surface area (Å²) in [5, 5.41) is 0. The zero-order valence-corrected chi connectivity index (χ0v) is 16.1. The summed E-state index contributed by atoms with van der Waals surface area (Å²) in [5.74, 6) is 2.52. The maximum absolute atomic E-state index is 2.29. The molecule has 2 heterocycles. The summed E-state index contributed by atoms with van der Waals surface area (Å²) < 4.78 is 8.89. The Bertz CT molecular complexity index is 738. The average molecular weight is 367 g/mol. The summed E-state index contributed by atoms with van der Waals surface area (Å²) in [5.41, 5.74) is 2.75. The number of aromatic nitrogens is 4. The number of nitrogens with zero attached hydrogens (tertiary/aromatic N) is 4. The molecule has 2 aromatic heterocycles. The normalized spacial score (nSPS) is 10.2. The van der Waals surface area contributed by atoms with Crippen LogP contribution in [0.3, 0.4) is 0 Å². The standard InChI is InChI=1S/C18H24N4.2ClH/c1-15-19(3)9-11-21(15)13-17-7-5-6-8-18(17)14-22-12-10-20(4)16(22)2;;/h5-12H,13-14H2,1-4H3;2*1H/q+2;;/p-2. The summed E-state index contributed by atoms with van der Waals surface area (Å²) in [4.78, 5) is 0. The van der Waals surface area contributed by atoms with Crippen LogP contribution in [0, 0.1) is 13.8 Å². The van der Waals surface area contributed by atoms with Crippen LogP contribution in [0.15, 0.2) is 49.1 Å². The molecule has 0 atom stereocenters. The SMILES string of the molecule is Cc1n(Cc2ccccc2Cn2cc[n+](C)c2C)cc[n+]1C.[Cl-].[Cl-]. The van der Waals surface area contributed by atoms with Crippen molar-refractivity contribution in [3.63, 3.8) is 0 Å². The van der Waals surface area contributed by atoms with E-state index in [2.05, 4.69) is 95.3 Å². The van der Waals surface area contributed by atoms with Gasteiger partial charge in [-0.2, -0.15) is 0 Å². The Morgan fingerprint density at radius 2 is 1.12 bits per heavy atom. The first kappa shape index (κ1) is 20.3. The van der Waals surface area contributed by atoms with Gasteiger partial charge < -0.3 is 24.8 Å². The average Bonchev–Trinajstić information content (AvgIpc) is 2.99. The fourth-order valence-electron chi connectivity index (χ4n) is 2.76. The zero-order chi connectivity index (χ0) is 15.7. The Balaban J connectivity index is 0.00000144. The van der Waals surface area contributed by atoms with Gasteiger partial charge in [-0.3, -0.25) is 0 Å². The molecular formula is C18H24Cl2N4. The van der Waals surface area contributed by atoms with E-state index in [-0.39, 0.29) is 24.8 Å². The highest BCUT2D eigenvalue weighted by molar-refractivity contribution is 5.28. The lowest BCUT2D eigenvalue weighted by molar-refractivity contribution is -0.677. The van der Waals surface area contributed by atoms with E-state index < -0.39 is 0 Å². The number of aryl methyl sites for hydroxylation is 2. The molecule has 0 aliphatic carbocycles. The Morgan fingerprint density at radius 1 is 0.750 bits per heavy atom. The number of rotatable bonds is 4. The second kappa shape index (κ2) is 8.36. The predicted octanol–water partition coefficient (Wildman–Crippen LogP) is -4.34. The van der Waals surface area contributed by atoms with Gasteiger partial charge in [0.2, 0.25) is 0 Å². The van der Waals surface area contributed by atoms with Crippen molar-refractivity contribution in [2.45, 2.75) is 26.9 Å². The molecule has 0 aliphatic heterocycles. The van der Waals surface area contributed by atoms with Gasteiger partial charge in [-0.25, -0.2) is 18.3 Å². The van der Waals surface area contributed by atoms with Crippen LogP contribution in [-0.4, -0.2) is 9.13 Å². The highest BCUT2D eigenvalue weighted by atomic mass is 35.5. The molecule has 0 bridgehead atoms. The first-order chi connectivity index (χ1) is 10.6. The van der Waals surface area contributed by atoms with Gasteiger partial charge in [0.1, 0.15) is 37.9 Å². The maximum Gasteiger partial charge on any atom is 0.253 e. The third-order valence-electron chi connectivity index (χ3n) is 4.59. The first-order valence-electron chi connectivity index (χ1n) is 7.66. The summed E-state index contributed by atoms with van der Waals surface area (Å²) in [6, 6.07) is 8.71. The number of halogens is 2. The summed E-state index contributed by atoms with van der Waals surface area (Å²) in [6.07, 6.45) is 8.50. The largest absolute Gasteiger partial charge is 1.00 e. The Labute approximate surface area is 156 Å². The van der Waals surface area contributed by atoms with Gasteiger partial charge in [0, 0.05) is 25.0 Å². The fourth-order valence-corrected chi connectivity index (χ4v) is 2.76. The number of benzene rings is 1. The van der Waals surface area contributed by atoms with Crippen LogP contribution in [0.1, 0.15) is 22.8 Å². The fraction of sp³-hybridized carbons (Fsp3) is 0.333. The smallest absolute Gasteiger partial charge is 0.253 e. The molecule has 0 N–H and O–H groups in total. The van der Waals surface area contributed by atoms with E-state index in [0.29, 0.717) is 0 Å². The van der Waals surface area contributed by atoms with Crippen molar-refractivity contribution in [3.05, 3.63) is 71.8 Å². The molecule has 6 heteroatoms. The van der Waals surface area contributed by atoms with Crippen molar-refractivity contribution >= 4 is 0 Å². The van der Waals surface area contributed by atoms with Gasteiger partial charge in [-0.15, -0.1) is 0 Å². The van der Waals surface area contributed by atoms with E-state index in [4.69, 9.17) is 0 Å². The predicted molar refractivity (Wildman–Crippen MR) is 85.3 cm³/mol. The molecule has 130 valence electrons. The lowest BCUT2D eigenvalue weighted by atomic mass is 10.1. The molecule has 24 heavy (non-hydrogen) atoms. The van der Waals surface area contributed by atoms with Crippen molar-refractivity contribution in [2.24, 2.45) is 14.1 Å². The molecule has 3 aromatic rings. The molecule has 0 saturated heterocycles. The maximum atomic E-state index is 2.29. The molecule has 3 rings (SSSR count). The minimum Gasteiger partial charge on any atom is -1.00 e. The molecule has 0 amide bonds. The van der Waals surface area contributed by atoms with Crippen LogP contribution >= 0.6 is 0 Å². The Kier molecular flexibility index (Phi) is 7.06. The molecular weight excluding hydrogens is 343 g/mol. The second-order valence-electron chi connectivity index (χ2n) is 5.94. The molecule has 0 radical (unpaired) electrons. The van der Waals surface area contributed by atoms with Crippen molar-refractivity contribution in [1.82, 2.24) is 9.13 Å².